The highest BCUT2D eigenvalue weighted by atomic mass is 32.2. The maximum atomic E-state index is 13.5. The van der Waals surface area contributed by atoms with Crippen LogP contribution >= 0.6 is 35.3 Å². The molecule has 34 heavy (non-hydrogen) atoms. The van der Waals surface area contributed by atoms with Gasteiger partial charge in [-0.05, 0) is 5.56 Å². The molecule has 0 radical (unpaired) electrons. The zero-order chi connectivity index (χ0) is 25.3. The van der Waals surface area contributed by atoms with Crippen LogP contribution in [0.1, 0.15) is 67.9 Å². The van der Waals surface area contributed by atoms with E-state index in [0.29, 0.717) is 16.3 Å². The number of benzene rings is 1. The Kier molecular flexibility index (Phi) is 9.45. The van der Waals surface area contributed by atoms with Gasteiger partial charge in [0, 0.05) is 39.2 Å². The van der Waals surface area contributed by atoms with Gasteiger partial charge < -0.3 is 8.85 Å². The van der Waals surface area contributed by atoms with Gasteiger partial charge in [0.15, 0.2) is 5.12 Å². The lowest BCUT2D eigenvalue weighted by atomic mass is 9.85. The fourth-order valence-corrected chi connectivity index (χ4v) is 15.0. The molecule has 2 heterocycles. The van der Waals surface area contributed by atoms with Crippen molar-refractivity contribution in [3.63, 3.8) is 0 Å². The predicted molar refractivity (Wildman–Crippen MR) is 154 cm³/mol. The standard InChI is InChI=1S/C27H44O3S3Si/c1-18-22(19(2)24(28)33-17-21-13-11-10-12-14-21)29-34(26(4,5)6,27(7,8)9)30-23(18)20(3)25-31-15-16-32-25/h10-14,18-20,22-23,25H,15-17H2,1-9H3/t18-,19-,20-,22+,23-/m0/s1. The van der Waals surface area contributed by atoms with E-state index in [1.54, 1.807) is 0 Å². The highest BCUT2D eigenvalue weighted by molar-refractivity contribution is 8.20. The molecule has 0 unspecified atom stereocenters. The van der Waals surface area contributed by atoms with E-state index >= 15 is 0 Å². The van der Waals surface area contributed by atoms with Gasteiger partial charge in [-0.3, -0.25) is 4.79 Å². The van der Waals surface area contributed by atoms with Crippen molar-refractivity contribution in [3.8, 4) is 0 Å². The van der Waals surface area contributed by atoms with Gasteiger partial charge in [-0.2, -0.15) is 0 Å². The van der Waals surface area contributed by atoms with Crippen LogP contribution in [0.2, 0.25) is 10.1 Å². The second-order valence-corrected chi connectivity index (χ2v) is 20.5. The monoisotopic (exact) mass is 540 g/mol. The van der Waals surface area contributed by atoms with Crippen molar-refractivity contribution in [1.82, 2.24) is 0 Å². The first-order valence-corrected chi connectivity index (χ1v) is 17.5. The summed E-state index contributed by atoms with van der Waals surface area (Å²) in [5.41, 5.74) is 1.18. The van der Waals surface area contributed by atoms with Gasteiger partial charge in [-0.1, -0.05) is 104 Å². The predicted octanol–water partition coefficient (Wildman–Crippen LogP) is 7.99. The van der Waals surface area contributed by atoms with Crippen LogP contribution in [0.25, 0.3) is 0 Å². The second-order valence-electron chi connectivity index (χ2n) is 12.0. The zero-order valence-electron chi connectivity index (χ0n) is 22.4. The van der Waals surface area contributed by atoms with Gasteiger partial charge in [0.25, 0.3) is 0 Å². The molecule has 3 nitrogen and oxygen atoms in total. The minimum atomic E-state index is -2.74. The fourth-order valence-electron chi connectivity index (χ4n) is 5.62. The summed E-state index contributed by atoms with van der Waals surface area (Å²) in [7, 11) is -2.74. The van der Waals surface area contributed by atoms with Crippen molar-refractivity contribution in [2.75, 3.05) is 11.5 Å². The van der Waals surface area contributed by atoms with Crippen LogP contribution in [0.5, 0.6) is 0 Å². The van der Waals surface area contributed by atoms with Crippen LogP contribution in [0.4, 0.5) is 0 Å². The first-order chi connectivity index (χ1) is 15.8. The smallest absolute Gasteiger partial charge is 0.349 e. The molecule has 0 aliphatic carbocycles. The molecule has 0 N–H and O–H groups in total. The molecule has 0 saturated carbocycles. The van der Waals surface area contributed by atoms with Crippen molar-refractivity contribution < 1.29 is 13.6 Å². The van der Waals surface area contributed by atoms with Crippen LogP contribution in [-0.2, 0) is 19.4 Å². The Morgan fingerprint density at radius 3 is 2.06 bits per heavy atom. The van der Waals surface area contributed by atoms with Gasteiger partial charge in [-0.15, -0.1) is 23.5 Å². The SMILES string of the molecule is C[C@H]1[C@H]([C@H](C)C(=O)SCc2ccccc2)O[Si](C(C)(C)C)(C(C)(C)C)O[C@@H]1[C@H](C)C1SCCS1. The number of hydrogen-bond acceptors (Lipinski definition) is 6. The van der Waals surface area contributed by atoms with E-state index in [-0.39, 0.29) is 39.2 Å². The number of hydrogen-bond donors (Lipinski definition) is 0. The topological polar surface area (TPSA) is 35.5 Å². The average Bonchev–Trinajstić information content (AvgIpc) is 3.31. The number of carbonyl (C=O) groups excluding carboxylic acids is 1. The molecule has 0 spiro atoms. The quantitative estimate of drug-likeness (QED) is 0.340. The Balaban J connectivity index is 1.91. The van der Waals surface area contributed by atoms with Crippen LogP contribution in [0.15, 0.2) is 30.3 Å². The molecule has 5 atom stereocenters. The molecule has 192 valence electrons. The molecule has 2 fully saturated rings. The van der Waals surface area contributed by atoms with Crippen molar-refractivity contribution in [2.24, 2.45) is 17.8 Å². The first kappa shape index (κ1) is 28.6. The molecular weight excluding hydrogens is 497 g/mol. The van der Waals surface area contributed by atoms with Crippen LogP contribution in [-0.4, -0.2) is 42.0 Å². The van der Waals surface area contributed by atoms with E-state index in [2.05, 4.69) is 98.0 Å². The van der Waals surface area contributed by atoms with Gasteiger partial charge in [0.2, 0.25) is 0 Å². The highest BCUT2D eigenvalue weighted by Crippen LogP contribution is 2.58. The molecular formula is C27H44O3S3Si. The third-order valence-corrected chi connectivity index (χ3v) is 17.1. The molecule has 0 aromatic heterocycles. The Bertz CT molecular complexity index is 801. The van der Waals surface area contributed by atoms with E-state index in [0.717, 1.165) is 0 Å². The van der Waals surface area contributed by atoms with Crippen molar-refractivity contribution in [1.29, 1.82) is 0 Å². The van der Waals surface area contributed by atoms with E-state index in [4.69, 9.17) is 8.85 Å². The normalized spacial score (nSPS) is 28.0. The van der Waals surface area contributed by atoms with Crippen molar-refractivity contribution >= 4 is 49.0 Å². The minimum Gasteiger partial charge on any atom is -0.390 e. The van der Waals surface area contributed by atoms with Crippen LogP contribution in [0.3, 0.4) is 0 Å². The van der Waals surface area contributed by atoms with E-state index in [1.807, 2.05) is 18.2 Å². The summed E-state index contributed by atoms with van der Waals surface area (Å²) in [6.07, 6.45) is -0.0279. The minimum absolute atomic E-state index is 0.0985. The number of carbonyl (C=O) groups is 1. The molecule has 3 rings (SSSR count). The summed E-state index contributed by atoms with van der Waals surface area (Å²) in [6, 6.07) is 10.3. The number of thioether (sulfide) groups is 3. The molecule has 0 amide bonds. The lowest BCUT2D eigenvalue weighted by Crippen LogP contribution is -2.68. The van der Waals surface area contributed by atoms with Crippen molar-refractivity contribution in [2.45, 2.75) is 94.9 Å². The summed E-state index contributed by atoms with van der Waals surface area (Å²) < 4.78 is 15.0. The second kappa shape index (κ2) is 11.2. The Hall–Kier alpha value is 0.0769. The fraction of sp³-hybridized carbons (Fsp3) is 0.741. The van der Waals surface area contributed by atoms with E-state index < -0.39 is 8.56 Å². The summed E-state index contributed by atoms with van der Waals surface area (Å²) in [5, 5.41) is -0.000900. The van der Waals surface area contributed by atoms with Gasteiger partial charge in [0.05, 0.1) is 22.7 Å². The van der Waals surface area contributed by atoms with Gasteiger partial charge in [0.1, 0.15) is 0 Å². The zero-order valence-corrected chi connectivity index (χ0v) is 25.9. The Morgan fingerprint density at radius 2 is 1.53 bits per heavy atom. The summed E-state index contributed by atoms with van der Waals surface area (Å²) in [6.45, 7) is 20.3. The lowest BCUT2D eigenvalue weighted by molar-refractivity contribution is -0.128. The van der Waals surface area contributed by atoms with Gasteiger partial charge in [-0.25, -0.2) is 0 Å². The molecule has 2 saturated heterocycles. The third kappa shape index (κ3) is 5.96. The van der Waals surface area contributed by atoms with E-state index in [9.17, 15) is 4.79 Å². The molecule has 2 aliphatic heterocycles. The summed E-state index contributed by atoms with van der Waals surface area (Å²) in [4.78, 5) is 13.5. The maximum Gasteiger partial charge on any atom is 0.349 e. The highest BCUT2D eigenvalue weighted by Gasteiger charge is 2.64. The molecule has 2 aliphatic rings. The van der Waals surface area contributed by atoms with Gasteiger partial charge >= 0.3 is 8.56 Å². The van der Waals surface area contributed by atoms with Crippen molar-refractivity contribution in [3.05, 3.63) is 35.9 Å². The molecule has 0 bridgehead atoms. The first-order valence-electron chi connectivity index (χ1n) is 12.6. The maximum absolute atomic E-state index is 13.5. The average molecular weight is 541 g/mol. The molecule has 7 heteroatoms. The molecule has 1 aromatic rings. The summed E-state index contributed by atoms with van der Waals surface area (Å²) >= 11 is 5.57. The lowest BCUT2D eigenvalue weighted by Gasteiger charge is -2.59. The van der Waals surface area contributed by atoms with E-state index in [1.165, 1.54) is 28.8 Å². The Labute approximate surface area is 221 Å². The largest absolute Gasteiger partial charge is 0.390 e. The molecule has 1 aromatic carbocycles. The number of rotatable bonds is 6. The van der Waals surface area contributed by atoms with Crippen LogP contribution in [0, 0.1) is 17.8 Å². The summed E-state index contributed by atoms with van der Waals surface area (Å²) in [5.74, 6) is 3.54. The third-order valence-electron chi connectivity index (χ3n) is 7.30. The Morgan fingerprint density at radius 1 is 1.00 bits per heavy atom. The van der Waals surface area contributed by atoms with Crippen LogP contribution < -0.4 is 0 Å².